The lowest BCUT2D eigenvalue weighted by Crippen LogP contribution is -2.58. The summed E-state index contributed by atoms with van der Waals surface area (Å²) < 4.78 is 12.3. The molecule has 0 aromatic heterocycles. The minimum absolute atomic E-state index is 0.0724. The highest BCUT2D eigenvalue weighted by molar-refractivity contribution is 6.31. The van der Waals surface area contributed by atoms with E-state index in [-0.39, 0.29) is 24.8 Å². The Bertz CT molecular complexity index is 797. The summed E-state index contributed by atoms with van der Waals surface area (Å²) in [4.78, 5) is 31.7. The zero-order valence-electron chi connectivity index (χ0n) is 19.6. The first-order chi connectivity index (χ1) is 15.3. The van der Waals surface area contributed by atoms with Gasteiger partial charge in [0.05, 0.1) is 19.6 Å². The van der Waals surface area contributed by atoms with Gasteiger partial charge in [-0.15, -0.1) is 0 Å². The Morgan fingerprint density at radius 1 is 1.12 bits per heavy atom. The molecule has 1 aromatic carbocycles. The lowest BCUT2D eigenvalue weighted by atomic mass is 9.96. The van der Waals surface area contributed by atoms with E-state index in [0.717, 1.165) is 31.5 Å². The molecular weight excluding hydrogens is 430 g/mol. The second-order valence-corrected chi connectivity index (χ2v) is 9.63. The van der Waals surface area contributed by atoms with Crippen molar-refractivity contribution in [2.24, 2.45) is 0 Å². The van der Waals surface area contributed by atoms with Gasteiger partial charge in [-0.1, -0.05) is 11.6 Å². The number of ether oxygens (including phenoxy) is 2. The number of benzene rings is 1. The molecule has 0 saturated carbocycles. The molecule has 2 fully saturated rings. The maximum Gasteiger partial charge on any atom is 0.225 e. The first-order valence-electron chi connectivity index (χ1n) is 11.5. The number of halogens is 1. The van der Waals surface area contributed by atoms with Gasteiger partial charge < -0.3 is 24.2 Å². The molecule has 0 N–H and O–H groups in total. The zero-order valence-corrected chi connectivity index (χ0v) is 20.3. The van der Waals surface area contributed by atoms with Crippen LogP contribution in [-0.4, -0.2) is 92.1 Å². The third kappa shape index (κ3) is 6.83. The van der Waals surface area contributed by atoms with Crippen molar-refractivity contribution >= 4 is 23.4 Å². The van der Waals surface area contributed by atoms with Crippen LogP contribution in [0.25, 0.3) is 0 Å². The summed E-state index contributed by atoms with van der Waals surface area (Å²) in [6.07, 6.45) is 3.89. The molecule has 2 amide bonds. The molecule has 3 rings (SSSR count). The average Bonchev–Trinajstić information content (AvgIpc) is 2.79. The molecule has 1 aromatic rings. The largest absolute Gasteiger partial charge is 0.490 e. The highest BCUT2D eigenvalue weighted by Crippen LogP contribution is 2.28. The van der Waals surface area contributed by atoms with Crippen molar-refractivity contribution < 1.29 is 19.1 Å². The Morgan fingerprint density at radius 3 is 2.56 bits per heavy atom. The zero-order chi connectivity index (χ0) is 23.1. The van der Waals surface area contributed by atoms with Gasteiger partial charge in [-0.3, -0.25) is 9.59 Å². The molecule has 0 aliphatic carbocycles. The van der Waals surface area contributed by atoms with E-state index in [4.69, 9.17) is 21.1 Å². The summed E-state index contributed by atoms with van der Waals surface area (Å²) in [6, 6.07) is 5.50. The number of hydrogen-bond acceptors (Lipinski definition) is 5. The molecule has 2 aliphatic heterocycles. The van der Waals surface area contributed by atoms with Crippen LogP contribution in [0.4, 0.5) is 0 Å². The predicted octanol–water partition coefficient (Wildman–Crippen LogP) is 2.98. The quantitative estimate of drug-likeness (QED) is 0.590. The number of morpholine rings is 1. The summed E-state index contributed by atoms with van der Waals surface area (Å²) in [5.41, 5.74) is 0.0568. The predicted molar refractivity (Wildman–Crippen MR) is 125 cm³/mol. The normalized spacial score (nSPS) is 21.7. The number of carbonyl (C=O) groups is 2. The Balaban J connectivity index is 1.73. The van der Waals surface area contributed by atoms with Gasteiger partial charge >= 0.3 is 0 Å². The number of amides is 2. The Kier molecular flexibility index (Phi) is 8.79. The van der Waals surface area contributed by atoms with Crippen LogP contribution in [0.5, 0.6) is 5.75 Å². The summed E-state index contributed by atoms with van der Waals surface area (Å²) in [7, 11) is 3.91. The maximum atomic E-state index is 13.1. The fraction of sp³-hybridized carbons (Fsp3) is 0.667. The molecule has 1 atom stereocenters. The Hall–Kier alpha value is -1.83. The number of hydrogen-bond donors (Lipinski definition) is 0. The van der Waals surface area contributed by atoms with Crippen LogP contribution in [0.2, 0.25) is 5.02 Å². The van der Waals surface area contributed by atoms with Crippen LogP contribution >= 0.6 is 11.6 Å². The van der Waals surface area contributed by atoms with Crippen LogP contribution in [0.15, 0.2) is 18.2 Å². The number of likely N-dealkylation sites (tertiary alicyclic amines) is 1. The van der Waals surface area contributed by atoms with E-state index in [2.05, 4.69) is 0 Å². The number of carbonyl (C=O) groups excluding carboxylic acids is 2. The van der Waals surface area contributed by atoms with E-state index in [0.29, 0.717) is 43.4 Å². The fourth-order valence-electron chi connectivity index (χ4n) is 4.23. The van der Waals surface area contributed by atoms with Gasteiger partial charge in [-0.2, -0.15) is 0 Å². The molecule has 178 valence electrons. The highest BCUT2D eigenvalue weighted by Gasteiger charge is 2.42. The molecule has 0 unspecified atom stereocenters. The number of aryl methyl sites for hydroxylation is 1. The van der Waals surface area contributed by atoms with Crippen LogP contribution < -0.4 is 4.74 Å². The molecule has 0 radical (unpaired) electrons. The van der Waals surface area contributed by atoms with Gasteiger partial charge in [-0.05, 0) is 64.0 Å². The minimum atomic E-state index is -0.867. The molecular formula is C24H36ClN3O4. The number of nitrogens with zero attached hydrogens (tertiary/aromatic N) is 3. The molecule has 32 heavy (non-hydrogen) atoms. The van der Waals surface area contributed by atoms with Crippen LogP contribution in [0.3, 0.4) is 0 Å². The van der Waals surface area contributed by atoms with E-state index in [1.54, 1.807) is 6.07 Å². The van der Waals surface area contributed by atoms with Crippen LogP contribution in [0.1, 0.15) is 37.7 Å². The van der Waals surface area contributed by atoms with E-state index >= 15 is 0 Å². The second kappa shape index (κ2) is 11.3. The highest BCUT2D eigenvalue weighted by atomic mass is 35.5. The van der Waals surface area contributed by atoms with Gasteiger partial charge in [0.15, 0.2) is 0 Å². The molecule has 0 spiro atoms. The summed E-state index contributed by atoms with van der Waals surface area (Å²) >= 11 is 6.14. The number of piperidine rings is 1. The molecule has 0 bridgehead atoms. The second-order valence-electron chi connectivity index (χ2n) is 9.22. The van der Waals surface area contributed by atoms with Crippen molar-refractivity contribution in [2.75, 3.05) is 60.0 Å². The summed E-state index contributed by atoms with van der Waals surface area (Å²) in [6.45, 7) is 5.67. The summed E-state index contributed by atoms with van der Waals surface area (Å²) in [5.74, 6) is 0.832. The van der Waals surface area contributed by atoms with Gasteiger partial charge in [0.1, 0.15) is 18.0 Å². The lowest BCUT2D eigenvalue weighted by molar-refractivity contribution is -0.166. The third-order valence-corrected chi connectivity index (χ3v) is 6.61. The first-order valence-corrected chi connectivity index (χ1v) is 11.9. The van der Waals surface area contributed by atoms with Gasteiger partial charge in [0, 0.05) is 37.6 Å². The lowest BCUT2D eigenvalue weighted by Gasteiger charge is -2.43. The first kappa shape index (κ1) is 24.8. The van der Waals surface area contributed by atoms with E-state index in [1.807, 2.05) is 47.9 Å². The minimum Gasteiger partial charge on any atom is -0.490 e. The van der Waals surface area contributed by atoms with E-state index in [9.17, 15) is 9.59 Å². The molecule has 8 heteroatoms. The van der Waals surface area contributed by atoms with Crippen molar-refractivity contribution in [2.45, 2.75) is 44.6 Å². The van der Waals surface area contributed by atoms with Crippen molar-refractivity contribution in [3.63, 3.8) is 0 Å². The fourth-order valence-corrected chi connectivity index (χ4v) is 4.35. The molecule has 2 saturated heterocycles. The van der Waals surface area contributed by atoms with Gasteiger partial charge in [0.2, 0.25) is 11.8 Å². The van der Waals surface area contributed by atoms with Gasteiger partial charge in [-0.25, -0.2) is 0 Å². The van der Waals surface area contributed by atoms with Crippen molar-refractivity contribution in [3.05, 3.63) is 28.8 Å². The van der Waals surface area contributed by atoms with E-state index in [1.165, 1.54) is 6.42 Å². The standard InChI is InChI=1S/C24H36ClN3O4/c1-19-15-20(7-8-21(19)25)31-18-24(16-23(30)27-10-5-4-6-11-27)17-28(13-14-32-24)22(29)9-12-26(2)3/h7-8,15H,4-6,9-14,16-18H2,1-3H3/t24-/m1/s1. The Labute approximate surface area is 196 Å². The summed E-state index contributed by atoms with van der Waals surface area (Å²) in [5, 5.41) is 0.680. The van der Waals surface area contributed by atoms with Crippen molar-refractivity contribution in [1.82, 2.24) is 14.7 Å². The third-order valence-electron chi connectivity index (χ3n) is 6.19. The smallest absolute Gasteiger partial charge is 0.225 e. The topological polar surface area (TPSA) is 62.3 Å². The van der Waals surface area contributed by atoms with E-state index < -0.39 is 5.60 Å². The Morgan fingerprint density at radius 2 is 1.88 bits per heavy atom. The monoisotopic (exact) mass is 465 g/mol. The van der Waals surface area contributed by atoms with Crippen molar-refractivity contribution in [3.8, 4) is 5.75 Å². The van der Waals surface area contributed by atoms with Crippen LogP contribution in [0, 0.1) is 6.92 Å². The SMILES string of the molecule is Cc1cc(OC[C@@]2(CC(=O)N3CCCCC3)CN(C(=O)CCN(C)C)CCO2)ccc1Cl. The van der Waals surface area contributed by atoms with Crippen molar-refractivity contribution in [1.29, 1.82) is 0 Å². The molecule has 2 aliphatic rings. The van der Waals surface area contributed by atoms with Gasteiger partial charge in [0.25, 0.3) is 0 Å². The van der Waals surface area contributed by atoms with Crippen LogP contribution in [-0.2, 0) is 14.3 Å². The number of rotatable bonds is 8. The average molecular weight is 466 g/mol. The maximum absolute atomic E-state index is 13.1. The molecule has 7 nitrogen and oxygen atoms in total. The molecule has 2 heterocycles.